The molecule has 8 nitrogen and oxygen atoms in total. The number of methoxy groups -OCH3 is 1. The zero-order valence-electron chi connectivity index (χ0n) is 14.1. The summed E-state index contributed by atoms with van der Waals surface area (Å²) in [5.41, 5.74) is 1.21. The molecule has 1 saturated heterocycles. The summed E-state index contributed by atoms with van der Waals surface area (Å²) in [6, 6.07) is 5.58. The minimum Gasteiger partial charge on any atom is -0.377 e. The van der Waals surface area contributed by atoms with E-state index in [1.807, 2.05) is 33.7 Å². The van der Waals surface area contributed by atoms with E-state index in [0.29, 0.717) is 30.5 Å². The smallest absolute Gasteiger partial charge is 0.274 e. The molecule has 1 amide bonds. The molecule has 130 valence electrons. The number of hydrogen-bond acceptors (Lipinski definition) is 5. The number of aromatic amines is 1. The number of carbonyl (C=O) groups is 1. The van der Waals surface area contributed by atoms with Crippen molar-refractivity contribution in [1.29, 1.82) is 0 Å². The summed E-state index contributed by atoms with van der Waals surface area (Å²) in [4.78, 5) is 23.8. The highest BCUT2D eigenvalue weighted by molar-refractivity contribution is 5.93. The van der Waals surface area contributed by atoms with E-state index in [1.165, 1.54) is 0 Å². The molecule has 8 heteroatoms. The van der Waals surface area contributed by atoms with Crippen LogP contribution in [0.15, 0.2) is 30.6 Å². The maximum Gasteiger partial charge on any atom is 0.274 e. The first-order valence-corrected chi connectivity index (χ1v) is 8.41. The topological polar surface area (TPSA) is 88.4 Å². The highest BCUT2D eigenvalue weighted by Gasteiger charge is 2.32. The lowest BCUT2D eigenvalue weighted by Gasteiger charge is -2.33. The normalized spacial score (nSPS) is 18.0. The maximum atomic E-state index is 13.0. The molecular weight excluding hydrogens is 320 g/mol. The number of ether oxygens (including phenoxy) is 1. The van der Waals surface area contributed by atoms with Crippen LogP contribution in [-0.2, 0) is 11.3 Å². The van der Waals surface area contributed by atoms with Crippen LogP contribution in [0.1, 0.15) is 47.4 Å². The number of nitrogens with zero attached hydrogens (tertiary/aromatic N) is 5. The van der Waals surface area contributed by atoms with Crippen LogP contribution in [0.25, 0.3) is 5.65 Å². The molecule has 25 heavy (non-hydrogen) atoms. The molecule has 1 atom stereocenters. The van der Waals surface area contributed by atoms with Gasteiger partial charge in [0, 0.05) is 26.0 Å². The van der Waals surface area contributed by atoms with Gasteiger partial charge in [0.2, 0.25) is 0 Å². The number of H-pyrrole nitrogens is 1. The Bertz CT molecular complexity index is 853. The standard InChI is InChI=1S/C17H20N6O2/c1-25-11-14-19-16(21-20-14)13-6-2-5-9-23(13)17(24)12-10-22-8-4-3-7-15(22)18-12/h3-4,7-8,10,13H,2,5-6,9,11H2,1H3,(H,19,20,21)/t13-/m0/s1. The van der Waals surface area contributed by atoms with Gasteiger partial charge in [-0.25, -0.2) is 9.97 Å². The number of pyridine rings is 1. The van der Waals surface area contributed by atoms with Crippen LogP contribution >= 0.6 is 0 Å². The molecule has 3 aromatic rings. The molecule has 1 aliphatic heterocycles. The van der Waals surface area contributed by atoms with Gasteiger partial charge in [0.25, 0.3) is 5.91 Å². The van der Waals surface area contributed by atoms with E-state index in [2.05, 4.69) is 20.2 Å². The number of aromatic nitrogens is 5. The van der Waals surface area contributed by atoms with Crippen molar-refractivity contribution in [1.82, 2.24) is 29.5 Å². The van der Waals surface area contributed by atoms with Crippen LogP contribution in [0, 0.1) is 0 Å². The third-order valence-electron chi connectivity index (χ3n) is 4.47. The lowest BCUT2D eigenvalue weighted by Crippen LogP contribution is -2.39. The molecule has 0 aromatic carbocycles. The number of imidazole rings is 1. The predicted octanol–water partition coefficient (Wildman–Crippen LogP) is 1.97. The number of carbonyl (C=O) groups excluding carboxylic acids is 1. The first-order valence-electron chi connectivity index (χ1n) is 8.41. The zero-order chi connectivity index (χ0) is 17.2. The number of amides is 1. The van der Waals surface area contributed by atoms with E-state index in [-0.39, 0.29) is 11.9 Å². The average molecular weight is 340 g/mol. The van der Waals surface area contributed by atoms with Gasteiger partial charge in [0.15, 0.2) is 11.6 Å². The molecule has 4 rings (SSSR count). The summed E-state index contributed by atoms with van der Waals surface area (Å²) in [7, 11) is 1.61. The molecule has 0 unspecified atom stereocenters. The Morgan fingerprint density at radius 1 is 1.36 bits per heavy atom. The van der Waals surface area contributed by atoms with Gasteiger partial charge in [-0.05, 0) is 31.4 Å². The van der Waals surface area contributed by atoms with Crippen molar-refractivity contribution in [3.8, 4) is 0 Å². The number of likely N-dealkylation sites (tertiary alicyclic amines) is 1. The minimum absolute atomic E-state index is 0.0773. The Balaban J connectivity index is 1.62. The van der Waals surface area contributed by atoms with Crippen LogP contribution < -0.4 is 0 Å². The quantitative estimate of drug-likeness (QED) is 0.784. The Hall–Kier alpha value is -2.74. The molecule has 1 fully saturated rings. The molecule has 4 heterocycles. The van der Waals surface area contributed by atoms with E-state index in [1.54, 1.807) is 13.3 Å². The van der Waals surface area contributed by atoms with Crippen LogP contribution in [0.3, 0.4) is 0 Å². The first-order chi connectivity index (χ1) is 12.3. The third-order valence-corrected chi connectivity index (χ3v) is 4.47. The van der Waals surface area contributed by atoms with Crippen molar-refractivity contribution >= 4 is 11.6 Å². The Labute approximate surface area is 144 Å². The number of fused-ring (bicyclic) bond motifs is 1. The number of rotatable bonds is 4. The number of hydrogen-bond donors (Lipinski definition) is 1. The van der Waals surface area contributed by atoms with E-state index < -0.39 is 0 Å². The fourth-order valence-electron chi connectivity index (χ4n) is 3.29. The van der Waals surface area contributed by atoms with Crippen molar-refractivity contribution in [2.45, 2.75) is 31.9 Å². The van der Waals surface area contributed by atoms with Crippen LogP contribution in [0.2, 0.25) is 0 Å². The monoisotopic (exact) mass is 340 g/mol. The Morgan fingerprint density at radius 3 is 3.12 bits per heavy atom. The summed E-state index contributed by atoms with van der Waals surface area (Å²) in [5.74, 6) is 1.23. The van der Waals surface area contributed by atoms with Gasteiger partial charge < -0.3 is 14.0 Å². The molecule has 0 radical (unpaired) electrons. The third kappa shape index (κ3) is 3.00. The SMILES string of the molecule is COCc1nc([C@@H]2CCCCN2C(=O)c2cn3ccccc3n2)n[nH]1. The van der Waals surface area contributed by atoms with Crippen LogP contribution in [0.4, 0.5) is 0 Å². The van der Waals surface area contributed by atoms with Gasteiger partial charge in [-0.1, -0.05) is 6.07 Å². The lowest BCUT2D eigenvalue weighted by atomic mass is 10.0. The van der Waals surface area contributed by atoms with Gasteiger partial charge in [-0.3, -0.25) is 9.89 Å². The summed E-state index contributed by atoms with van der Waals surface area (Å²) >= 11 is 0. The Morgan fingerprint density at radius 2 is 2.28 bits per heavy atom. The largest absolute Gasteiger partial charge is 0.377 e. The summed E-state index contributed by atoms with van der Waals surface area (Å²) in [6.07, 6.45) is 6.54. The van der Waals surface area contributed by atoms with Gasteiger partial charge >= 0.3 is 0 Å². The fourth-order valence-corrected chi connectivity index (χ4v) is 3.29. The molecule has 0 bridgehead atoms. The summed E-state index contributed by atoms with van der Waals surface area (Å²) < 4.78 is 6.94. The lowest BCUT2D eigenvalue weighted by molar-refractivity contribution is 0.0594. The second kappa shape index (κ2) is 6.64. The fraction of sp³-hybridized carbons (Fsp3) is 0.412. The van der Waals surface area contributed by atoms with E-state index in [4.69, 9.17) is 4.74 Å². The first kappa shape index (κ1) is 15.8. The van der Waals surface area contributed by atoms with Crippen LogP contribution in [0.5, 0.6) is 0 Å². The zero-order valence-corrected chi connectivity index (χ0v) is 14.1. The van der Waals surface area contributed by atoms with Gasteiger partial charge in [-0.2, -0.15) is 5.10 Å². The molecule has 1 aliphatic rings. The molecule has 0 spiro atoms. The van der Waals surface area contributed by atoms with E-state index >= 15 is 0 Å². The highest BCUT2D eigenvalue weighted by Crippen LogP contribution is 2.30. The van der Waals surface area contributed by atoms with Crippen LogP contribution in [-0.4, -0.2) is 49.0 Å². The second-order valence-electron chi connectivity index (χ2n) is 6.18. The van der Waals surface area contributed by atoms with Gasteiger partial charge in [-0.15, -0.1) is 0 Å². The van der Waals surface area contributed by atoms with Gasteiger partial charge in [0.1, 0.15) is 17.9 Å². The van der Waals surface area contributed by atoms with Crippen molar-refractivity contribution in [3.63, 3.8) is 0 Å². The molecule has 3 aromatic heterocycles. The molecule has 0 saturated carbocycles. The van der Waals surface area contributed by atoms with Crippen molar-refractivity contribution in [3.05, 3.63) is 47.9 Å². The summed E-state index contributed by atoms with van der Waals surface area (Å²) in [6.45, 7) is 1.06. The molecule has 1 N–H and O–H groups in total. The Kier molecular flexibility index (Phi) is 4.19. The van der Waals surface area contributed by atoms with Crippen molar-refractivity contribution < 1.29 is 9.53 Å². The molecular formula is C17H20N6O2. The number of nitrogens with one attached hydrogen (secondary N) is 1. The van der Waals surface area contributed by atoms with E-state index in [9.17, 15) is 4.79 Å². The number of piperidine rings is 1. The molecule has 0 aliphatic carbocycles. The van der Waals surface area contributed by atoms with Crippen molar-refractivity contribution in [2.75, 3.05) is 13.7 Å². The maximum absolute atomic E-state index is 13.0. The van der Waals surface area contributed by atoms with Crippen molar-refractivity contribution in [2.24, 2.45) is 0 Å². The average Bonchev–Trinajstić information content (AvgIpc) is 3.28. The van der Waals surface area contributed by atoms with E-state index in [0.717, 1.165) is 24.9 Å². The highest BCUT2D eigenvalue weighted by atomic mass is 16.5. The second-order valence-corrected chi connectivity index (χ2v) is 6.18. The summed E-state index contributed by atoms with van der Waals surface area (Å²) in [5, 5.41) is 7.17. The predicted molar refractivity (Wildman–Crippen MR) is 89.9 cm³/mol. The minimum atomic E-state index is -0.132. The van der Waals surface area contributed by atoms with Gasteiger partial charge in [0.05, 0.1) is 6.04 Å².